The third-order valence-corrected chi connectivity index (χ3v) is 7.17. The fourth-order valence-electron chi connectivity index (χ4n) is 4.07. The molecule has 1 aliphatic rings. The molecule has 2 heterocycles. The number of halogens is 1. The summed E-state index contributed by atoms with van der Waals surface area (Å²) in [4.78, 5) is 13.5. The van der Waals surface area contributed by atoms with E-state index in [1.807, 2.05) is 6.07 Å². The Morgan fingerprint density at radius 2 is 2.00 bits per heavy atom. The summed E-state index contributed by atoms with van der Waals surface area (Å²) in [6.45, 7) is 0.864. The number of ether oxygens (including phenoxy) is 1. The van der Waals surface area contributed by atoms with Crippen molar-refractivity contribution >= 4 is 32.7 Å². The molecule has 0 aliphatic carbocycles. The normalized spacial score (nSPS) is 17.2. The number of nitriles is 1. The molecule has 1 saturated heterocycles. The molecule has 0 amide bonds. The van der Waals surface area contributed by atoms with Gasteiger partial charge in [-0.05, 0) is 42.3 Å². The van der Waals surface area contributed by atoms with E-state index in [9.17, 15) is 18.5 Å². The van der Waals surface area contributed by atoms with Crippen molar-refractivity contribution in [2.75, 3.05) is 26.5 Å². The summed E-state index contributed by atoms with van der Waals surface area (Å²) in [5.74, 6) is 0.541. The number of sulfonamides is 1. The molecule has 0 N–H and O–H groups in total. The van der Waals surface area contributed by atoms with Crippen molar-refractivity contribution in [3.8, 4) is 11.8 Å². The maximum Gasteiger partial charge on any atom is 0.329 e. The van der Waals surface area contributed by atoms with Crippen molar-refractivity contribution in [1.82, 2.24) is 13.4 Å². The van der Waals surface area contributed by atoms with Crippen molar-refractivity contribution in [3.63, 3.8) is 0 Å². The van der Waals surface area contributed by atoms with Gasteiger partial charge in [0.05, 0.1) is 53.6 Å². The molecule has 10 heteroatoms. The van der Waals surface area contributed by atoms with Gasteiger partial charge >= 0.3 is 5.69 Å². The van der Waals surface area contributed by atoms with Gasteiger partial charge in [0.25, 0.3) is 0 Å². The quantitative estimate of drug-likeness (QED) is 0.583. The van der Waals surface area contributed by atoms with Crippen LogP contribution in [0, 0.1) is 11.3 Å². The minimum Gasteiger partial charge on any atom is -0.495 e. The van der Waals surface area contributed by atoms with Crippen LogP contribution in [0.4, 0.5) is 0 Å². The van der Waals surface area contributed by atoms with Crippen LogP contribution in [0.25, 0.3) is 11.0 Å². The van der Waals surface area contributed by atoms with Gasteiger partial charge in [-0.3, -0.25) is 9.13 Å². The average molecular weight is 461 g/mol. The van der Waals surface area contributed by atoms with Gasteiger partial charge in [0, 0.05) is 13.1 Å². The van der Waals surface area contributed by atoms with Crippen molar-refractivity contribution in [2.24, 2.45) is 0 Å². The summed E-state index contributed by atoms with van der Waals surface area (Å²) in [6, 6.07) is 12.2. The zero-order chi connectivity index (χ0) is 22.3. The zero-order valence-corrected chi connectivity index (χ0v) is 18.7. The summed E-state index contributed by atoms with van der Waals surface area (Å²) in [6.07, 6.45) is 1.72. The molecule has 4 rings (SSSR count). The molecule has 162 valence electrons. The highest BCUT2D eigenvalue weighted by Gasteiger charge is 2.32. The van der Waals surface area contributed by atoms with Crippen LogP contribution >= 0.6 is 11.6 Å². The Hall–Kier alpha value is -2.80. The summed E-state index contributed by atoms with van der Waals surface area (Å²) < 4.78 is 33.7. The smallest absolute Gasteiger partial charge is 0.329 e. The molecule has 0 spiro atoms. The van der Waals surface area contributed by atoms with Crippen LogP contribution in [-0.2, 0) is 16.6 Å². The third kappa shape index (κ3) is 3.94. The first kappa shape index (κ1) is 21.4. The molecule has 1 fully saturated rings. The Labute approximate surface area is 184 Å². The fraction of sp³-hybridized carbons (Fsp3) is 0.333. The number of methoxy groups -OCH3 is 1. The van der Waals surface area contributed by atoms with Gasteiger partial charge in [-0.2, -0.15) is 5.26 Å². The fourth-order valence-corrected chi connectivity index (χ4v) is 5.23. The number of aromatic nitrogens is 2. The van der Waals surface area contributed by atoms with Crippen LogP contribution in [0.15, 0.2) is 41.2 Å². The lowest BCUT2D eigenvalue weighted by molar-refractivity contribution is 0.415. The minimum absolute atomic E-state index is 0.242. The summed E-state index contributed by atoms with van der Waals surface area (Å²) in [5, 5.41) is 9.77. The maximum absolute atomic E-state index is 13.5. The zero-order valence-electron chi connectivity index (χ0n) is 17.1. The number of imidazole rings is 1. The molecule has 1 aromatic heterocycles. The van der Waals surface area contributed by atoms with E-state index in [0.717, 1.165) is 5.56 Å². The highest BCUT2D eigenvalue weighted by Crippen LogP contribution is 2.29. The Bertz CT molecular complexity index is 1370. The first-order valence-corrected chi connectivity index (χ1v) is 11.9. The lowest BCUT2D eigenvalue weighted by atomic mass is 10.2. The number of hydrogen-bond acceptors (Lipinski definition) is 5. The first-order valence-electron chi connectivity index (χ1n) is 9.65. The largest absolute Gasteiger partial charge is 0.495 e. The van der Waals surface area contributed by atoms with Gasteiger partial charge in [-0.25, -0.2) is 17.5 Å². The second-order valence-electron chi connectivity index (χ2n) is 7.59. The highest BCUT2D eigenvalue weighted by atomic mass is 35.5. The standard InChI is InChI=1S/C21H21ClN4O4S/c1-30-20-6-4-15(9-17(20)22)12-25-19-10-14(11-23)3-5-18(19)26(21(25)27)16-7-8-24(13-16)31(2,28)29/h3-6,9-10,16H,7-8,12-13H2,1-2H3. The lowest BCUT2D eigenvalue weighted by Crippen LogP contribution is -2.31. The molecule has 3 aromatic rings. The number of nitrogens with zero attached hydrogens (tertiary/aromatic N) is 4. The Morgan fingerprint density at radius 1 is 1.23 bits per heavy atom. The van der Waals surface area contributed by atoms with Crippen LogP contribution in [0.2, 0.25) is 5.02 Å². The van der Waals surface area contributed by atoms with Crippen LogP contribution in [0.3, 0.4) is 0 Å². The predicted octanol–water partition coefficient (Wildman–Crippen LogP) is 2.59. The molecular weight excluding hydrogens is 440 g/mol. The van der Waals surface area contributed by atoms with E-state index < -0.39 is 10.0 Å². The molecule has 0 radical (unpaired) electrons. The number of fused-ring (bicyclic) bond motifs is 1. The van der Waals surface area contributed by atoms with Crippen molar-refractivity contribution < 1.29 is 13.2 Å². The Balaban J connectivity index is 1.82. The minimum atomic E-state index is -3.33. The van der Waals surface area contributed by atoms with E-state index in [2.05, 4.69) is 6.07 Å². The van der Waals surface area contributed by atoms with Crippen LogP contribution < -0.4 is 10.4 Å². The van der Waals surface area contributed by atoms with E-state index in [1.54, 1.807) is 39.5 Å². The highest BCUT2D eigenvalue weighted by molar-refractivity contribution is 7.88. The summed E-state index contributed by atoms with van der Waals surface area (Å²) in [7, 11) is -1.80. The monoisotopic (exact) mass is 460 g/mol. The molecule has 1 unspecified atom stereocenters. The van der Waals surface area contributed by atoms with Crippen molar-refractivity contribution in [3.05, 3.63) is 63.0 Å². The molecule has 0 saturated carbocycles. The molecule has 8 nitrogen and oxygen atoms in total. The van der Waals surface area contributed by atoms with Gasteiger partial charge in [-0.1, -0.05) is 17.7 Å². The predicted molar refractivity (Wildman–Crippen MR) is 118 cm³/mol. The van der Waals surface area contributed by atoms with Gasteiger partial charge in [0.15, 0.2) is 0 Å². The van der Waals surface area contributed by atoms with Gasteiger partial charge in [-0.15, -0.1) is 0 Å². The Kier molecular flexibility index (Phi) is 5.56. The van der Waals surface area contributed by atoms with E-state index in [-0.39, 0.29) is 24.8 Å². The molecule has 2 aromatic carbocycles. The Morgan fingerprint density at radius 3 is 2.61 bits per heavy atom. The maximum atomic E-state index is 13.5. The van der Waals surface area contributed by atoms with Crippen LogP contribution in [-0.4, -0.2) is 48.3 Å². The van der Waals surface area contributed by atoms with Crippen LogP contribution in [0.5, 0.6) is 5.75 Å². The molecule has 1 aliphatic heterocycles. The van der Waals surface area contributed by atoms with Gasteiger partial charge < -0.3 is 4.74 Å². The van der Waals surface area contributed by atoms with Crippen LogP contribution in [0.1, 0.15) is 23.6 Å². The number of hydrogen-bond donors (Lipinski definition) is 0. The topological polar surface area (TPSA) is 97.3 Å². The first-order chi connectivity index (χ1) is 14.7. The number of benzene rings is 2. The van der Waals surface area contributed by atoms with E-state index in [4.69, 9.17) is 16.3 Å². The second kappa shape index (κ2) is 8.04. The van der Waals surface area contributed by atoms with Gasteiger partial charge in [0.1, 0.15) is 5.75 Å². The summed E-state index contributed by atoms with van der Waals surface area (Å²) in [5.41, 5.74) is 2.28. The van der Waals surface area contributed by atoms with E-state index in [0.29, 0.717) is 40.3 Å². The molecule has 1 atom stereocenters. The second-order valence-corrected chi connectivity index (χ2v) is 9.98. The van der Waals surface area contributed by atoms with Crippen molar-refractivity contribution in [1.29, 1.82) is 5.26 Å². The number of rotatable bonds is 5. The molecule has 0 bridgehead atoms. The van der Waals surface area contributed by atoms with E-state index >= 15 is 0 Å². The molecular formula is C21H21ClN4O4S. The lowest BCUT2D eigenvalue weighted by Gasteiger charge is -2.14. The SMILES string of the molecule is COc1ccc(Cn2c(=O)n(C3CCN(S(C)(=O)=O)C3)c3ccc(C#N)cc32)cc1Cl. The summed E-state index contributed by atoms with van der Waals surface area (Å²) >= 11 is 6.25. The molecule has 31 heavy (non-hydrogen) atoms. The average Bonchev–Trinajstić information content (AvgIpc) is 3.31. The van der Waals surface area contributed by atoms with E-state index in [1.165, 1.54) is 17.7 Å². The van der Waals surface area contributed by atoms with Crippen molar-refractivity contribution in [2.45, 2.75) is 19.0 Å². The third-order valence-electron chi connectivity index (χ3n) is 5.61. The van der Waals surface area contributed by atoms with Gasteiger partial charge in [0.2, 0.25) is 10.0 Å².